The minimum absolute atomic E-state index is 0.101. The number of aliphatic hydroxyl groups is 1. The van der Waals surface area contributed by atoms with Gasteiger partial charge in [0.15, 0.2) is 0 Å². The molecule has 1 aliphatic heterocycles. The molecule has 3 heteroatoms. The summed E-state index contributed by atoms with van der Waals surface area (Å²) in [6, 6.07) is 5.67. The normalized spacial score (nSPS) is 17.5. The second kappa shape index (κ2) is 7.28. The van der Waals surface area contributed by atoms with Crippen molar-refractivity contribution in [2.24, 2.45) is 5.92 Å². The summed E-state index contributed by atoms with van der Waals surface area (Å²) in [6.45, 7) is 5.72. The molecular weight excluding hydrogens is 262 g/mol. The second-order valence-corrected chi connectivity index (χ2v) is 5.74. The van der Waals surface area contributed by atoms with Crippen molar-refractivity contribution in [1.29, 1.82) is 0 Å². The molecule has 1 unspecified atom stereocenters. The maximum absolute atomic E-state index is 12.6. The number of benzene rings is 1. The lowest BCUT2D eigenvalue weighted by molar-refractivity contribution is 0.0786. The fourth-order valence-corrected chi connectivity index (χ4v) is 2.96. The topological polar surface area (TPSA) is 40.5 Å². The van der Waals surface area contributed by atoms with E-state index in [9.17, 15) is 4.79 Å². The van der Waals surface area contributed by atoms with Crippen LogP contribution >= 0.6 is 0 Å². The van der Waals surface area contributed by atoms with Crippen LogP contribution in [0, 0.1) is 24.7 Å². The molecule has 1 aliphatic rings. The van der Waals surface area contributed by atoms with Gasteiger partial charge in [0, 0.05) is 24.2 Å². The van der Waals surface area contributed by atoms with Gasteiger partial charge in [-0.1, -0.05) is 25.2 Å². The third-order valence-electron chi connectivity index (χ3n) is 3.91. The van der Waals surface area contributed by atoms with Crippen LogP contribution in [-0.4, -0.2) is 35.6 Å². The Bertz CT molecular complexity index is 568. The van der Waals surface area contributed by atoms with Gasteiger partial charge in [0.1, 0.15) is 6.61 Å². The van der Waals surface area contributed by atoms with Crippen molar-refractivity contribution in [2.75, 3.05) is 19.7 Å². The van der Waals surface area contributed by atoms with Crippen molar-refractivity contribution in [1.82, 2.24) is 4.90 Å². The van der Waals surface area contributed by atoms with Crippen LogP contribution in [0.5, 0.6) is 0 Å². The Morgan fingerprint density at radius 1 is 1.43 bits per heavy atom. The van der Waals surface area contributed by atoms with Gasteiger partial charge in [-0.2, -0.15) is 0 Å². The molecule has 1 fully saturated rings. The molecule has 1 saturated heterocycles. The molecule has 3 nitrogen and oxygen atoms in total. The molecule has 1 aromatic rings. The lowest BCUT2D eigenvalue weighted by Crippen LogP contribution is -2.28. The first-order valence-corrected chi connectivity index (χ1v) is 7.64. The SMILES string of the molecule is CCCC1CCN(C(=O)c2cc(C)cc(C#CCO)c2)C1. The molecule has 112 valence electrons. The van der Waals surface area contributed by atoms with Crippen LogP contribution in [0.25, 0.3) is 0 Å². The highest BCUT2D eigenvalue weighted by Crippen LogP contribution is 2.23. The number of rotatable bonds is 3. The number of amides is 1. The molecule has 21 heavy (non-hydrogen) atoms. The highest BCUT2D eigenvalue weighted by molar-refractivity contribution is 5.95. The Hall–Kier alpha value is -1.79. The lowest BCUT2D eigenvalue weighted by Gasteiger charge is -2.17. The molecule has 1 atom stereocenters. The fraction of sp³-hybridized carbons (Fsp3) is 0.500. The number of nitrogens with zero attached hydrogens (tertiary/aromatic N) is 1. The third-order valence-corrected chi connectivity index (χ3v) is 3.91. The Morgan fingerprint density at radius 3 is 2.95 bits per heavy atom. The van der Waals surface area contributed by atoms with Crippen LogP contribution in [0.4, 0.5) is 0 Å². The van der Waals surface area contributed by atoms with Gasteiger partial charge in [0.05, 0.1) is 0 Å². The average Bonchev–Trinajstić information content (AvgIpc) is 2.93. The molecule has 1 amide bonds. The summed E-state index contributed by atoms with van der Waals surface area (Å²) in [5, 5.41) is 8.78. The first-order chi connectivity index (χ1) is 10.1. The van der Waals surface area contributed by atoms with E-state index >= 15 is 0 Å². The molecular formula is C18H23NO2. The van der Waals surface area contributed by atoms with E-state index in [1.54, 1.807) is 0 Å². The zero-order valence-corrected chi connectivity index (χ0v) is 12.9. The van der Waals surface area contributed by atoms with E-state index in [1.807, 2.05) is 30.0 Å². The predicted octanol–water partition coefficient (Wildman–Crippen LogP) is 2.60. The number of hydrogen-bond donors (Lipinski definition) is 1. The Morgan fingerprint density at radius 2 is 2.24 bits per heavy atom. The maximum Gasteiger partial charge on any atom is 0.253 e. The molecule has 1 heterocycles. The van der Waals surface area contributed by atoms with Crippen LogP contribution in [0.15, 0.2) is 18.2 Å². The first-order valence-electron chi connectivity index (χ1n) is 7.64. The third kappa shape index (κ3) is 4.09. The van der Waals surface area contributed by atoms with Gasteiger partial charge in [-0.15, -0.1) is 0 Å². The molecule has 0 spiro atoms. The van der Waals surface area contributed by atoms with Gasteiger partial charge < -0.3 is 10.0 Å². The molecule has 0 aliphatic carbocycles. The molecule has 0 aromatic heterocycles. The van der Waals surface area contributed by atoms with E-state index in [-0.39, 0.29) is 12.5 Å². The Labute approximate surface area is 127 Å². The van der Waals surface area contributed by atoms with E-state index in [0.717, 1.165) is 30.6 Å². The van der Waals surface area contributed by atoms with Crippen LogP contribution in [0.1, 0.15) is 47.7 Å². The van der Waals surface area contributed by atoms with Crippen molar-refractivity contribution in [3.05, 3.63) is 34.9 Å². The number of likely N-dealkylation sites (tertiary alicyclic amines) is 1. The van der Waals surface area contributed by atoms with Gasteiger partial charge in [0.25, 0.3) is 5.91 Å². The average molecular weight is 285 g/mol. The zero-order chi connectivity index (χ0) is 15.2. The van der Waals surface area contributed by atoms with Crippen LogP contribution in [-0.2, 0) is 0 Å². The monoisotopic (exact) mass is 285 g/mol. The maximum atomic E-state index is 12.6. The summed E-state index contributed by atoms with van der Waals surface area (Å²) < 4.78 is 0. The van der Waals surface area contributed by atoms with Crippen molar-refractivity contribution in [3.63, 3.8) is 0 Å². The van der Waals surface area contributed by atoms with E-state index in [4.69, 9.17) is 5.11 Å². The number of aliphatic hydroxyl groups excluding tert-OH is 1. The van der Waals surface area contributed by atoms with E-state index < -0.39 is 0 Å². The molecule has 0 bridgehead atoms. The Balaban J connectivity index is 2.14. The van der Waals surface area contributed by atoms with Crippen molar-refractivity contribution >= 4 is 5.91 Å². The summed E-state index contributed by atoms with van der Waals surface area (Å²) in [4.78, 5) is 14.6. The van der Waals surface area contributed by atoms with E-state index in [0.29, 0.717) is 11.5 Å². The van der Waals surface area contributed by atoms with Gasteiger partial charge in [0.2, 0.25) is 0 Å². The summed E-state index contributed by atoms with van der Waals surface area (Å²) in [6.07, 6.45) is 3.49. The quantitative estimate of drug-likeness (QED) is 0.867. The summed E-state index contributed by atoms with van der Waals surface area (Å²) in [7, 11) is 0. The van der Waals surface area contributed by atoms with Crippen molar-refractivity contribution in [2.45, 2.75) is 33.1 Å². The van der Waals surface area contributed by atoms with Crippen molar-refractivity contribution in [3.8, 4) is 11.8 Å². The zero-order valence-electron chi connectivity index (χ0n) is 12.9. The molecule has 0 saturated carbocycles. The van der Waals surface area contributed by atoms with Gasteiger partial charge in [-0.25, -0.2) is 0 Å². The number of hydrogen-bond acceptors (Lipinski definition) is 2. The van der Waals surface area contributed by atoms with E-state index in [2.05, 4.69) is 18.8 Å². The van der Waals surface area contributed by atoms with Crippen LogP contribution in [0.3, 0.4) is 0 Å². The molecule has 1 N–H and O–H groups in total. The molecule has 0 radical (unpaired) electrons. The fourth-order valence-electron chi connectivity index (χ4n) is 2.96. The molecule has 2 rings (SSSR count). The largest absolute Gasteiger partial charge is 0.384 e. The highest BCUT2D eigenvalue weighted by Gasteiger charge is 2.26. The summed E-state index contributed by atoms with van der Waals surface area (Å²) >= 11 is 0. The molecule has 1 aromatic carbocycles. The minimum atomic E-state index is -0.165. The standard InChI is InChI=1S/C18H23NO2/c1-3-5-15-7-8-19(13-15)18(21)17-11-14(2)10-16(12-17)6-4-9-20/h10-12,15,20H,3,5,7-9,13H2,1-2H3. The first kappa shape index (κ1) is 15.6. The summed E-state index contributed by atoms with van der Waals surface area (Å²) in [5.74, 6) is 6.26. The van der Waals surface area contributed by atoms with Crippen LogP contribution < -0.4 is 0 Å². The Kier molecular flexibility index (Phi) is 5.41. The number of carbonyl (C=O) groups excluding carboxylic acids is 1. The van der Waals surface area contributed by atoms with Gasteiger partial charge in [-0.05, 0) is 49.4 Å². The number of aryl methyl sites for hydroxylation is 1. The smallest absolute Gasteiger partial charge is 0.253 e. The summed E-state index contributed by atoms with van der Waals surface area (Å²) in [5.41, 5.74) is 2.51. The van der Waals surface area contributed by atoms with Gasteiger partial charge in [-0.3, -0.25) is 4.79 Å². The van der Waals surface area contributed by atoms with Crippen LogP contribution in [0.2, 0.25) is 0 Å². The predicted molar refractivity (Wildman–Crippen MR) is 84.1 cm³/mol. The minimum Gasteiger partial charge on any atom is -0.384 e. The van der Waals surface area contributed by atoms with Gasteiger partial charge >= 0.3 is 0 Å². The van der Waals surface area contributed by atoms with E-state index in [1.165, 1.54) is 12.8 Å². The second-order valence-electron chi connectivity index (χ2n) is 5.74. The lowest BCUT2D eigenvalue weighted by atomic mass is 10.0. The van der Waals surface area contributed by atoms with Crippen molar-refractivity contribution < 1.29 is 9.90 Å². The highest BCUT2D eigenvalue weighted by atomic mass is 16.2. The number of carbonyl (C=O) groups is 1.